The summed E-state index contributed by atoms with van der Waals surface area (Å²) in [6.07, 6.45) is -1.70. The molecule has 0 spiro atoms. The fourth-order valence-electron chi connectivity index (χ4n) is 2.73. The predicted octanol–water partition coefficient (Wildman–Crippen LogP) is 3.36. The maximum Gasteiger partial charge on any atom is 0.422 e. The first-order chi connectivity index (χ1) is 10.4. The van der Waals surface area contributed by atoms with Crippen molar-refractivity contribution >= 4 is 24.0 Å². The van der Waals surface area contributed by atoms with Crippen molar-refractivity contribution in [1.29, 1.82) is 0 Å². The first-order valence-corrected chi connectivity index (χ1v) is 7.19. The Morgan fingerprint density at radius 3 is 2.74 bits per heavy atom. The molecule has 1 amide bonds. The van der Waals surface area contributed by atoms with E-state index in [2.05, 4.69) is 10.1 Å². The Hall–Kier alpha value is -1.47. The van der Waals surface area contributed by atoms with Crippen molar-refractivity contribution in [2.45, 2.75) is 25.4 Å². The summed E-state index contributed by atoms with van der Waals surface area (Å²) in [4.78, 5) is 12.2. The number of halogens is 4. The van der Waals surface area contributed by atoms with Crippen molar-refractivity contribution < 1.29 is 22.7 Å². The summed E-state index contributed by atoms with van der Waals surface area (Å²) in [6.45, 7) is -0.894. The second kappa shape index (κ2) is 8.40. The van der Waals surface area contributed by atoms with Gasteiger partial charge in [0.2, 0.25) is 5.91 Å². The topological polar surface area (TPSA) is 64.4 Å². The number of carbonyl (C=O) groups excluding carboxylic acids is 1. The van der Waals surface area contributed by atoms with Crippen LogP contribution in [-0.2, 0) is 4.79 Å². The van der Waals surface area contributed by atoms with Gasteiger partial charge in [-0.05, 0) is 37.4 Å². The van der Waals surface area contributed by atoms with Crippen LogP contribution in [0.15, 0.2) is 24.3 Å². The highest BCUT2D eigenvalue weighted by atomic mass is 35.5. The van der Waals surface area contributed by atoms with E-state index in [1.807, 2.05) is 0 Å². The van der Waals surface area contributed by atoms with Gasteiger partial charge in [0.05, 0.1) is 0 Å². The number of amides is 1. The highest BCUT2D eigenvalue weighted by Gasteiger charge is 2.32. The van der Waals surface area contributed by atoms with Crippen LogP contribution in [0.25, 0.3) is 0 Å². The molecule has 0 radical (unpaired) electrons. The van der Waals surface area contributed by atoms with E-state index in [9.17, 15) is 18.0 Å². The lowest BCUT2D eigenvalue weighted by atomic mass is 9.95. The van der Waals surface area contributed by atoms with Crippen LogP contribution in [0.1, 0.15) is 19.3 Å². The van der Waals surface area contributed by atoms with Gasteiger partial charge in [0.15, 0.2) is 6.61 Å². The van der Waals surface area contributed by atoms with Crippen molar-refractivity contribution in [3.63, 3.8) is 0 Å². The van der Waals surface area contributed by atoms with E-state index >= 15 is 0 Å². The van der Waals surface area contributed by atoms with Crippen molar-refractivity contribution in [3.8, 4) is 5.75 Å². The Labute approximate surface area is 139 Å². The van der Waals surface area contributed by atoms with Crippen molar-refractivity contribution in [2.75, 3.05) is 18.5 Å². The molecule has 2 atom stereocenters. The summed E-state index contributed by atoms with van der Waals surface area (Å²) < 4.78 is 41.1. The Kier molecular flexibility index (Phi) is 7.15. The number of alkyl halides is 3. The molecule has 3 N–H and O–H groups in total. The molecule has 2 rings (SSSR count). The monoisotopic (exact) mass is 352 g/mol. The van der Waals surface area contributed by atoms with Crippen molar-refractivity contribution in [3.05, 3.63) is 24.3 Å². The van der Waals surface area contributed by atoms with E-state index in [1.54, 1.807) is 6.07 Å². The number of nitrogens with two attached hydrogens (primary N) is 1. The van der Waals surface area contributed by atoms with Gasteiger partial charge >= 0.3 is 6.18 Å². The molecular weight excluding hydrogens is 333 g/mol. The van der Waals surface area contributed by atoms with Crippen LogP contribution >= 0.6 is 12.4 Å². The van der Waals surface area contributed by atoms with Gasteiger partial charge in [-0.25, -0.2) is 0 Å². The quantitative estimate of drug-likeness (QED) is 0.854. The molecule has 23 heavy (non-hydrogen) atoms. The second-order valence-corrected chi connectivity index (χ2v) is 5.45. The third-order valence-electron chi connectivity index (χ3n) is 3.80. The normalized spacial score (nSPS) is 20.7. The number of nitrogens with one attached hydrogen (secondary N) is 1. The predicted molar refractivity (Wildman–Crippen MR) is 83.8 cm³/mol. The smallest absolute Gasteiger partial charge is 0.422 e. The zero-order chi connectivity index (χ0) is 16.2. The standard InChI is InChI=1S/C15H19F3N2O2.ClH/c16-15(17,18)9-22-12-5-2-4-11(7-12)20-14(21)13-6-1-3-10(13)8-19;/h2,4-5,7,10,13H,1,3,6,8-9,19H2,(H,20,21);1H/t10-,13-;/m1./s1. The average molecular weight is 353 g/mol. The minimum absolute atomic E-state index is 0. The first-order valence-electron chi connectivity index (χ1n) is 7.19. The lowest BCUT2D eigenvalue weighted by Gasteiger charge is -2.17. The lowest BCUT2D eigenvalue weighted by molar-refractivity contribution is -0.153. The van der Waals surface area contributed by atoms with Gasteiger partial charge < -0.3 is 15.8 Å². The molecule has 1 aromatic rings. The number of benzene rings is 1. The molecule has 0 bridgehead atoms. The minimum Gasteiger partial charge on any atom is -0.484 e. The zero-order valence-electron chi connectivity index (χ0n) is 12.4. The Balaban J connectivity index is 0.00000264. The first kappa shape index (κ1) is 19.6. The van der Waals surface area contributed by atoms with Gasteiger partial charge in [-0.3, -0.25) is 4.79 Å². The number of anilines is 1. The maximum absolute atomic E-state index is 12.2. The number of hydrogen-bond donors (Lipinski definition) is 2. The minimum atomic E-state index is -4.39. The number of hydrogen-bond acceptors (Lipinski definition) is 3. The Morgan fingerprint density at radius 2 is 2.09 bits per heavy atom. The van der Waals surface area contributed by atoms with Crippen molar-refractivity contribution in [2.24, 2.45) is 17.6 Å². The molecule has 0 saturated heterocycles. The van der Waals surface area contributed by atoms with E-state index in [1.165, 1.54) is 18.2 Å². The van der Waals surface area contributed by atoms with Crippen LogP contribution in [0.4, 0.5) is 18.9 Å². The number of rotatable bonds is 5. The number of ether oxygens (including phenoxy) is 1. The van der Waals surface area contributed by atoms with Gasteiger partial charge in [-0.2, -0.15) is 13.2 Å². The number of carbonyl (C=O) groups is 1. The highest BCUT2D eigenvalue weighted by Crippen LogP contribution is 2.32. The Morgan fingerprint density at radius 1 is 1.35 bits per heavy atom. The molecule has 0 aromatic heterocycles. The van der Waals surface area contributed by atoms with E-state index in [0.29, 0.717) is 12.2 Å². The molecule has 1 aromatic carbocycles. The molecule has 1 fully saturated rings. The van der Waals surface area contributed by atoms with Crippen molar-refractivity contribution in [1.82, 2.24) is 0 Å². The van der Waals surface area contributed by atoms with Crippen LogP contribution in [0.3, 0.4) is 0 Å². The summed E-state index contributed by atoms with van der Waals surface area (Å²) in [5, 5.41) is 2.73. The SMILES string of the molecule is Cl.NC[C@H]1CCC[C@H]1C(=O)Nc1cccc(OCC(F)(F)F)c1. The third-order valence-corrected chi connectivity index (χ3v) is 3.80. The van der Waals surface area contributed by atoms with E-state index in [4.69, 9.17) is 5.73 Å². The molecule has 0 aliphatic heterocycles. The van der Waals surface area contributed by atoms with Crippen LogP contribution < -0.4 is 15.8 Å². The summed E-state index contributed by atoms with van der Waals surface area (Å²) >= 11 is 0. The van der Waals surface area contributed by atoms with Crippen LogP contribution in [0.5, 0.6) is 5.75 Å². The van der Waals surface area contributed by atoms with E-state index < -0.39 is 12.8 Å². The summed E-state index contributed by atoms with van der Waals surface area (Å²) in [5.41, 5.74) is 6.08. The molecule has 4 nitrogen and oxygen atoms in total. The zero-order valence-corrected chi connectivity index (χ0v) is 13.3. The second-order valence-electron chi connectivity index (χ2n) is 5.45. The summed E-state index contributed by atoms with van der Waals surface area (Å²) in [6, 6.07) is 5.96. The fourth-order valence-corrected chi connectivity index (χ4v) is 2.73. The van der Waals surface area contributed by atoms with Crippen LogP contribution in [0, 0.1) is 11.8 Å². The molecule has 8 heteroatoms. The van der Waals surface area contributed by atoms with Gasteiger partial charge in [0.1, 0.15) is 5.75 Å². The maximum atomic E-state index is 12.2. The molecule has 1 saturated carbocycles. The van der Waals surface area contributed by atoms with E-state index in [0.717, 1.165) is 19.3 Å². The molecule has 1 aliphatic rings. The van der Waals surface area contributed by atoms with Gasteiger partial charge in [-0.1, -0.05) is 12.5 Å². The molecule has 1 aliphatic carbocycles. The van der Waals surface area contributed by atoms with Gasteiger partial charge in [-0.15, -0.1) is 12.4 Å². The third kappa shape index (κ3) is 5.91. The highest BCUT2D eigenvalue weighted by molar-refractivity contribution is 5.93. The van der Waals surface area contributed by atoms with E-state index in [-0.39, 0.29) is 35.9 Å². The molecule has 0 heterocycles. The molecule has 130 valence electrons. The van der Waals surface area contributed by atoms with Gasteiger partial charge in [0, 0.05) is 17.7 Å². The molecule has 0 unspecified atom stereocenters. The largest absolute Gasteiger partial charge is 0.484 e. The fraction of sp³-hybridized carbons (Fsp3) is 0.533. The van der Waals surface area contributed by atoms with Crippen LogP contribution in [0.2, 0.25) is 0 Å². The summed E-state index contributed by atoms with van der Waals surface area (Å²) in [5.74, 6) is -0.0349. The summed E-state index contributed by atoms with van der Waals surface area (Å²) in [7, 11) is 0. The lowest BCUT2D eigenvalue weighted by Crippen LogP contribution is -2.29. The molecular formula is C15H20ClF3N2O2. The van der Waals surface area contributed by atoms with Crippen LogP contribution in [-0.4, -0.2) is 25.2 Å². The Bertz CT molecular complexity index is 526. The van der Waals surface area contributed by atoms with Gasteiger partial charge in [0.25, 0.3) is 0 Å². The average Bonchev–Trinajstić information content (AvgIpc) is 2.93.